The number of halogens is 1. The van der Waals surface area contributed by atoms with Crippen LogP contribution in [0.25, 0.3) is 0 Å². The van der Waals surface area contributed by atoms with E-state index < -0.39 is 0 Å². The van der Waals surface area contributed by atoms with E-state index in [4.69, 9.17) is 0 Å². The maximum absolute atomic E-state index is 12.9. The van der Waals surface area contributed by atoms with Gasteiger partial charge in [-0.05, 0) is 28.8 Å². The molecule has 0 aliphatic carbocycles. The van der Waals surface area contributed by atoms with Gasteiger partial charge in [-0.15, -0.1) is 10.2 Å². The highest BCUT2D eigenvalue weighted by molar-refractivity contribution is 7.15. The zero-order chi connectivity index (χ0) is 16.1. The smallest absolute Gasteiger partial charge is 0.205 e. The van der Waals surface area contributed by atoms with Gasteiger partial charge in [0.2, 0.25) is 5.13 Å². The predicted octanol–water partition coefficient (Wildman–Crippen LogP) is 3.37. The molecule has 0 unspecified atom stereocenters. The van der Waals surface area contributed by atoms with E-state index in [2.05, 4.69) is 15.5 Å². The second-order valence-electron chi connectivity index (χ2n) is 5.08. The van der Waals surface area contributed by atoms with Crippen LogP contribution in [-0.2, 0) is 19.6 Å². The topological polar surface area (TPSA) is 58.0 Å². The Morgan fingerprint density at radius 1 is 1.00 bits per heavy atom. The van der Waals surface area contributed by atoms with Gasteiger partial charge in [0.25, 0.3) is 0 Å². The van der Waals surface area contributed by atoms with Crippen molar-refractivity contribution in [3.8, 4) is 0 Å². The number of anilines is 1. The molecule has 0 bridgehead atoms. The second-order valence-corrected chi connectivity index (χ2v) is 6.15. The lowest BCUT2D eigenvalue weighted by Crippen LogP contribution is -2.02. The van der Waals surface area contributed by atoms with Crippen molar-refractivity contribution in [1.29, 1.82) is 0 Å². The average molecular weight is 329 g/mol. The van der Waals surface area contributed by atoms with Gasteiger partial charge in [-0.1, -0.05) is 47.7 Å². The Bertz CT molecular complexity index is 774. The van der Waals surface area contributed by atoms with Crippen molar-refractivity contribution in [2.45, 2.75) is 19.6 Å². The van der Waals surface area contributed by atoms with E-state index in [0.717, 1.165) is 26.8 Å². The number of aromatic nitrogens is 2. The fourth-order valence-corrected chi connectivity index (χ4v) is 3.00. The molecule has 0 aliphatic rings. The number of hydrogen-bond acceptors (Lipinski definition) is 5. The molecule has 0 spiro atoms. The average Bonchev–Trinajstić information content (AvgIpc) is 3.03. The summed E-state index contributed by atoms with van der Waals surface area (Å²) < 4.78 is 12.9. The summed E-state index contributed by atoms with van der Waals surface area (Å²) in [6, 6.07) is 14.1. The molecule has 0 saturated heterocycles. The van der Waals surface area contributed by atoms with Crippen LogP contribution in [0.5, 0.6) is 0 Å². The van der Waals surface area contributed by atoms with E-state index in [1.54, 1.807) is 12.1 Å². The standard InChI is InChI=1S/C17H16FN3OS/c18-15-7-5-12(6-8-15)9-16-20-21-17(23-16)19-10-13-3-1-2-4-14(13)11-22/h1-8,22H,9-11H2,(H,19,21). The molecule has 2 aromatic carbocycles. The summed E-state index contributed by atoms with van der Waals surface area (Å²) in [7, 11) is 0. The van der Waals surface area contributed by atoms with Gasteiger partial charge in [0.1, 0.15) is 10.8 Å². The highest BCUT2D eigenvalue weighted by Gasteiger charge is 2.06. The van der Waals surface area contributed by atoms with Gasteiger partial charge in [0, 0.05) is 13.0 Å². The molecule has 3 rings (SSSR count). The first-order valence-electron chi connectivity index (χ1n) is 7.23. The zero-order valence-corrected chi connectivity index (χ0v) is 13.2. The number of nitrogens with one attached hydrogen (secondary N) is 1. The van der Waals surface area contributed by atoms with Gasteiger partial charge < -0.3 is 10.4 Å². The minimum absolute atomic E-state index is 0.0176. The molecule has 2 N–H and O–H groups in total. The van der Waals surface area contributed by atoms with Crippen molar-refractivity contribution >= 4 is 16.5 Å². The van der Waals surface area contributed by atoms with Gasteiger partial charge in [0.15, 0.2) is 0 Å². The number of aliphatic hydroxyl groups excluding tert-OH is 1. The SMILES string of the molecule is OCc1ccccc1CNc1nnc(Cc2ccc(F)cc2)s1. The third-order valence-corrected chi connectivity index (χ3v) is 4.34. The van der Waals surface area contributed by atoms with Crippen LogP contribution >= 0.6 is 11.3 Å². The third-order valence-electron chi connectivity index (χ3n) is 3.45. The summed E-state index contributed by atoms with van der Waals surface area (Å²) >= 11 is 1.48. The molecule has 0 radical (unpaired) electrons. The lowest BCUT2D eigenvalue weighted by molar-refractivity contribution is 0.280. The van der Waals surface area contributed by atoms with Crippen molar-refractivity contribution in [3.05, 3.63) is 76.0 Å². The molecule has 1 heterocycles. The summed E-state index contributed by atoms with van der Waals surface area (Å²) in [5.41, 5.74) is 2.93. The number of rotatable bonds is 6. The Balaban J connectivity index is 1.62. The van der Waals surface area contributed by atoms with Crippen molar-refractivity contribution < 1.29 is 9.50 Å². The van der Waals surface area contributed by atoms with Crippen LogP contribution in [-0.4, -0.2) is 15.3 Å². The monoisotopic (exact) mass is 329 g/mol. The van der Waals surface area contributed by atoms with Crippen molar-refractivity contribution in [2.75, 3.05) is 5.32 Å². The Hall–Kier alpha value is -2.31. The molecule has 3 aromatic rings. The Labute approximate surface area is 137 Å². The quantitative estimate of drug-likeness (QED) is 0.728. The molecule has 0 fully saturated rings. The van der Waals surface area contributed by atoms with Gasteiger partial charge >= 0.3 is 0 Å². The van der Waals surface area contributed by atoms with Crippen LogP contribution in [0.1, 0.15) is 21.7 Å². The summed E-state index contributed by atoms with van der Waals surface area (Å²) in [5, 5.41) is 22.4. The van der Waals surface area contributed by atoms with E-state index >= 15 is 0 Å². The summed E-state index contributed by atoms with van der Waals surface area (Å²) in [5.74, 6) is -0.240. The number of benzene rings is 2. The summed E-state index contributed by atoms with van der Waals surface area (Å²) in [4.78, 5) is 0. The Morgan fingerprint density at radius 3 is 2.48 bits per heavy atom. The molecule has 0 amide bonds. The van der Waals surface area contributed by atoms with Crippen LogP contribution < -0.4 is 5.32 Å². The van der Waals surface area contributed by atoms with Gasteiger partial charge in [-0.25, -0.2) is 4.39 Å². The molecule has 118 valence electrons. The molecule has 0 atom stereocenters. The molecule has 6 heteroatoms. The zero-order valence-electron chi connectivity index (χ0n) is 12.4. The first-order chi connectivity index (χ1) is 11.2. The summed E-state index contributed by atoms with van der Waals surface area (Å²) in [6.45, 7) is 0.603. The Morgan fingerprint density at radius 2 is 1.74 bits per heavy atom. The largest absolute Gasteiger partial charge is 0.392 e. The van der Waals surface area contributed by atoms with Gasteiger partial charge in [0.05, 0.1) is 6.61 Å². The van der Waals surface area contributed by atoms with E-state index in [1.165, 1.54) is 23.5 Å². The predicted molar refractivity (Wildman–Crippen MR) is 88.8 cm³/mol. The molecule has 23 heavy (non-hydrogen) atoms. The Kier molecular flexibility index (Phi) is 4.95. The maximum Gasteiger partial charge on any atom is 0.205 e. The number of aliphatic hydroxyl groups is 1. The molecular formula is C17H16FN3OS. The van der Waals surface area contributed by atoms with E-state index in [0.29, 0.717) is 13.0 Å². The van der Waals surface area contributed by atoms with Crippen LogP contribution in [0.2, 0.25) is 0 Å². The van der Waals surface area contributed by atoms with E-state index in [1.807, 2.05) is 24.3 Å². The van der Waals surface area contributed by atoms with Crippen LogP contribution in [0, 0.1) is 5.82 Å². The fraction of sp³-hybridized carbons (Fsp3) is 0.176. The minimum atomic E-state index is -0.240. The highest BCUT2D eigenvalue weighted by atomic mass is 32.1. The molecule has 0 aliphatic heterocycles. The molecule has 1 aromatic heterocycles. The van der Waals surface area contributed by atoms with E-state index in [-0.39, 0.29) is 12.4 Å². The first-order valence-corrected chi connectivity index (χ1v) is 8.04. The van der Waals surface area contributed by atoms with Gasteiger partial charge in [-0.2, -0.15) is 0 Å². The minimum Gasteiger partial charge on any atom is -0.392 e. The lowest BCUT2D eigenvalue weighted by atomic mass is 10.1. The van der Waals surface area contributed by atoms with Crippen LogP contribution in [0.3, 0.4) is 0 Å². The van der Waals surface area contributed by atoms with Crippen molar-refractivity contribution in [2.24, 2.45) is 0 Å². The molecule has 4 nitrogen and oxygen atoms in total. The number of hydrogen-bond donors (Lipinski definition) is 2. The lowest BCUT2D eigenvalue weighted by Gasteiger charge is -2.07. The highest BCUT2D eigenvalue weighted by Crippen LogP contribution is 2.20. The van der Waals surface area contributed by atoms with Crippen molar-refractivity contribution in [1.82, 2.24) is 10.2 Å². The molecular weight excluding hydrogens is 313 g/mol. The fourth-order valence-electron chi connectivity index (χ4n) is 2.23. The molecule has 0 saturated carbocycles. The first kappa shape index (κ1) is 15.6. The normalized spacial score (nSPS) is 10.7. The number of nitrogens with zero attached hydrogens (tertiary/aromatic N) is 2. The van der Waals surface area contributed by atoms with Crippen LogP contribution in [0.4, 0.5) is 9.52 Å². The van der Waals surface area contributed by atoms with Crippen LogP contribution in [0.15, 0.2) is 48.5 Å². The van der Waals surface area contributed by atoms with Gasteiger partial charge in [-0.3, -0.25) is 0 Å². The maximum atomic E-state index is 12.9. The van der Waals surface area contributed by atoms with Crippen molar-refractivity contribution in [3.63, 3.8) is 0 Å². The second kappa shape index (κ2) is 7.30. The van der Waals surface area contributed by atoms with E-state index in [9.17, 15) is 9.50 Å². The summed E-state index contributed by atoms with van der Waals surface area (Å²) in [6.07, 6.45) is 0.632. The third kappa shape index (κ3) is 4.12.